The van der Waals surface area contributed by atoms with E-state index in [0.717, 1.165) is 0 Å². The van der Waals surface area contributed by atoms with Crippen LogP contribution in [-0.4, -0.2) is 12.0 Å². The third-order valence-electron chi connectivity index (χ3n) is 3.80. The molecular formula is C19H19NO4. The number of para-hydroxylation sites is 1. The van der Waals surface area contributed by atoms with Gasteiger partial charge in [0.1, 0.15) is 23.0 Å². The standard InChI is InChI=1S/C19H19NO4/c1-11(2)9-15(20)19(22)23-12-7-8-14-17(10-12)24-16-6-4-3-5-13(16)18(14)21/h3-8,10-11,15H,9,20H2,1-2H3/t15-/m0/s1. The highest BCUT2D eigenvalue weighted by molar-refractivity contribution is 5.90. The summed E-state index contributed by atoms with van der Waals surface area (Å²) in [4.78, 5) is 24.5. The van der Waals surface area contributed by atoms with Crippen LogP contribution >= 0.6 is 0 Å². The molecule has 5 nitrogen and oxygen atoms in total. The van der Waals surface area contributed by atoms with Gasteiger partial charge in [-0.2, -0.15) is 0 Å². The Balaban J connectivity index is 1.95. The Hall–Kier alpha value is -2.66. The van der Waals surface area contributed by atoms with E-state index >= 15 is 0 Å². The summed E-state index contributed by atoms with van der Waals surface area (Å²) in [5.74, 6) is 0.116. The topological polar surface area (TPSA) is 82.5 Å². The maximum absolute atomic E-state index is 12.5. The van der Waals surface area contributed by atoms with Gasteiger partial charge in [-0.3, -0.25) is 4.79 Å². The van der Waals surface area contributed by atoms with Crippen LogP contribution in [0.3, 0.4) is 0 Å². The highest BCUT2D eigenvalue weighted by Crippen LogP contribution is 2.23. The number of ether oxygens (including phenoxy) is 1. The predicted molar refractivity (Wildman–Crippen MR) is 93.1 cm³/mol. The monoisotopic (exact) mass is 325 g/mol. The third-order valence-corrected chi connectivity index (χ3v) is 3.80. The van der Waals surface area contributed by atoms with Gasteiger partial charge in [-0.15, -0.1) is 0 Å². The van der Waals surface area contributed by atoms with E-state index in [4.69, 9.17) is 14.9 Å². The van der Waals surface area contributed by atoms with E-state index in [2.05, 4.69) is 0 Å². The Morgan fingerprint density at radius 3 is 2.58 bits per heavy atom. The van der Waals surface area contributed by atoms with Crippen LogP contribution < -0.4 is 15.9 Å². The minimum atomic E-state index is -0.677. The van der Waals surface area contributed by atoms with Crippen molar-refractivity contribution in [1.82, 2.24) is 0 Å². The summed E-state index contributed by atoms with van der Waals surface area (Å²) in [5.41, 5.74) is 6.59. The number of rotatable bonds is 4. The zero-order chi connectivity index (χ0) is 17.3. The van der Waals surface area contributed by atoms with E-state index < -0.39 is 12.0 Å². The van der Waals surface area contributed by atoms with Gasteiger partial charge in [-0.25, -0.2) is 4.79 Å². The fraction of sp³-hybridized carbons (Fsp3) is 0.263. The van der Waals surface area contributed by atoms with Crippen molar-refractivity contribution in [2.24, 2.45) is 11.7 Å². The summed E-state index contributed by atoms with van der Waals surface area (Å²) in [6, 6.07) is 11.1. The number of fused-ring (bicyclic) bond motifs is 2. The van der Waals surface area contributed by atoms with Gasteiger partial charge >= 0.3 is 5.97 Å². The lowest BCUT2D eigenvalue weighted by molar-refractivity contribution is -0.136. The summed E-state index contributed by atoms with van der Waals surface area (Å²) in [7, 11) is 0. The number of benzene rings is 2. The Bertz CT molecular complexity index is 958. The van der Waals surface area contributed by atoms with Crippen LogP contribution in [-0.2, 0) is 4.79 Å². The van der Waals surface area contributed by atoms with Gasteiger partial charge in [0.2, 0.25) is 5.43 Å². The SMILES string of the molecule is CC(C)C[C@H](N)C(=O)Oc1ccc2c(=O)c3ccccc3oc2c1. The van der Waals surface area contributed by atoms with Gasteiger partial charge in [-0.1, -0.05) is 26.0 Å². The molecule has 0 aliphatic carbocycles. The predicted octanol–water partition coefficient (Wildman–Crippen LogP) is 3.23. The normalized spacial score (nSPS) is 12.7. The van der Waals surface area contributed by atoms with E-state index in [1.807, 2.05) is 13.8 Å². The first kappa shape index (κ1) is 16.2. The first-order chi connectivity index (χ1) is 11.5. The molecule has 1 heterocycles. The first-order valence-corrected chi connectivity index (χ1v) is 7.88. The van der Waals surface area contributed by atoms with E-state index in [1.54, 1.807) is 42.5 Å². The molecule has 3 rings (SSSR count). The van der Waals surface area contributed by atoms with Crippen LogP contribution in [0.2, 0.25) is 0 Å². The first-order valence-electron chi connectivity index (χ1n) is 7.88. The highest BCUT2D eigenvalue weighted by Gasteiger charge is 2.18. The molecule has 24 heavy (non-hydrogen) atoms. The molecular weight excluding hydrogens is 306 g/mol. The van der Waals surface area contributed by atoms with Crippen molar-refractivity contribution in [2.45, 2.75) is 26.3 Å². The van der Waals surface area contributed by atoms with Crippen molar-refractivity contribution in [1.29, 1.82) is 0 Å². The lowest BCUT2D eigenvalue weighted by Crippen LogP contribution is -2.35. The van der Waals surface area contributed by atoms with Crippen LogP contribution in [0, 0.1) is 5.92 Å². The second kappa shape index (κ2) is 6.45. The van der Waals surface area contributed by atoms with Crippen molar-refractivity contribution in [3.8, 4) is 5.75 Å². The molecule has 0 aliphatic heterocycles. The number of hydrogen-bond acceptors (Lipinski definition) is 5. The van der Waals surface area contributed by atoms with Crippen LogP contribution in [0.4, 0.5) is 0 Å². The quantitative estimate of drug-likeness (QED) is 0.452. The van der Waals surface area contributed by atoms with Gasteiger partial charge < -0.3 is 14.9 Å². The molecule has 3 aromatic rings. The molecule has 0 bridgehead atoms. The molecule has 0 aliphatic rings. The molecule has 2 N–H and O–H groups in total. The van der Waals surface area contributed by atoms with E-state index in [-0.39, 0.29) is 5.43 Å². The molecule has 5 heteroatoms. The highest BCUT2D eigenvalue weighted by atomic mass is 16.5. The van der Waals surface area contributed by atoms with Crippen LogP contribution in [0.5, 0.6) is 5.75 Å². The molecule has 0 saturated carbocycles. The summed E-state index contributed by atoms with van der Waals surface area (Å²) < 4.78 is 11.1. The van der Waals surface area contributed by atoms with Gasteiger partial charge in [0.05, 0.1) is 10.8 Å². The second-order valence-electron chi connectivity index (χ2n) is 6.24. The lowest BCUT2D eigenvalue weighted by atomic mass is 10.1. The molecule has 1 aromatic heterocycles. The summed E-state index contributed by atoms with van der Waals surface area (Å²) in [6.07, 6.45) is 0.548. The van der Waals surface area contributed by atoms with E-state index in [1.165, 1.54) is 0 Å². The number of esters is 1. The van der Waals surface area contributed by atoms with Gasteiger partial charge in [-0.05, 0) is 36.6 Å². The molecule has 0 spiro atoms. The fourth-order valence-corrected chi connectivity index (χ4v) is 2.64. The van der Waals surface area contributed by atoms with Gasteiger partial charge in [0.25, 0.3) is 0 Å². The van der Waals surface area contributed by atoms with Crippen LogP contribution in [0.15, 0.2) is 51.7 Å². The molecule has 0 radical (unpaired) electrons. The summed E-state index contributed by atoms with van der Waals surface area (Å²) >= 11 is 0. The van der Waals surface area contributed by atoms with E-state index in [9.17, 15) is 9.59 Å². The minimum Gasteiger partial charge on any atom is -0.456 e. The number of carbonyl (C=O) groups is 1. The zero-order valence-electron chi connectivity index (χ0n) is 13.6. The van der Waals surface area contributed by atoms with Gasteiger partial charge in [0.15, 0.2) is 0 Å². The Kier molecular flexibility index (Phi) is 4.36. The Morgan fingerprint density at radius 2 is 1.83 bits per heavy atom. The minimum absolute atomic E-state index is 0.110. The lowest BCUT2D eigenvalue weighted by Gasteiger charge is -2.13. The van der Waals surface area contributed by atoms with Crippen molar-refractivity contribution < 1.29 is 13.9 Å². The van der Waals surface area contributed by atoms with Crippen molar-refractivity contribution >= 4 is 27.9 Å². The Morgan fingerprint density at radius 1 is 1.12 bits per heavy atom. The van der Waals surface area contributed by atoms with E-state index in [0.29, 0.717) is 40.0 Å². The third kappa shape index (κ3) is 3.16. The van der Waals surface area contributed by atoms with Crippen molar-refractivity contribution in [2.75, 3.05) is 0 Å². The molecule has 2 aromatic carbocycles. The van der Waals surface area contributed by atoms with Crippen molar-refractivity contribution in [3.05, 3.63) is 52.7 Å². The van der Waals surface area contributed by atoms with Crippen LogP contribution in [0.1, 0.15) is 20.3 Å². The average molecular weight is 325 g/mol. The van der Waals surface area contributed by atoms with Crippen LogP contribution in [0.25, 0.3) is 21.9 Å². The molecule has 124 valence electrons. The second-order valence-corrected chi connectivity index (χ2v) is 6.24. The maximum atomic E-state index is 12.5. The number of carbonyl (C=O) groups excluding carboxylic acids is 1. The van der Waals surface area contributed by atoms with Crippen molar-refractivity contribution in [3.63, 3.8) is 0 Å². The summed E-state index contributed by atoms with van der Waals surface area (Å²) in [6.45, 7) is 3.98. The summed E-state index contributed by atoms with van der Waals surface area (Å²) in [5, 5.41) is 0.966. The molecule has 0 unspecified atom stereocenters. The molecule has 1 atom stereocenters. The smallest absolute Gasteiger partial charge is 0.328 e. The number of nitrogens with two attached hydrogens (primary N) is 1. The number of hydrogen-bond donors (Lipinski definition) is 1. The average Bonchev–Trinajstić information content (AvgIpc) is 2.54. The fourth-order valence-electron chi connectivity index (χ4n) is 2.64. The maximum Gasteiger partial charge on any atom is 0.328 e. The molecule has 0 saturated heterocycles. The molecule has 0 amide bonds. The molecule has 0 fully saturated rings. The van der Waals surface area contributed by atoms with Gasteiger partial charge in [0, 0.05) is 6.07 Å². The Labute approximate surface area is 139 Å². The largest absolute Gasteiger partial charge is 0.456 e. The zero-order valence-corrected chi connectivity index (χ0v) is 13.6.